The summed E-state index contributed by atoms with van der Waals surface area (Å²) in [5.41, 5.74) is -0.289. The summed E-state index contributed by atoms with van der Waals surface area (Å²) >= 11 is 0. The topological polar surface area (TPSA) is 48.3 Å². The molecule has 0 bridgehead atoms. The van der Waals surface area contributed by atoms with Crippen molar-refractivity contribution in [2.45, 2.75) is 63.6 Å². The number of rotatable bonds is 5. The van der Waals surface area contributed by atoms with Gasteiger partial charge < -0.3 is 9.64 Å². The predicted octanol–water partition coefficient (Wildman–Crippen LogP) is 2.16. The summed E-state index contributed by atoms with van der Waals surface area (Å²) in [5, 5.41) is 13.0. The standard InChI is InChI=1S/C16H29N3O/c1-13(2)18-16(12-17)7-4-15(10-16)19-8-5-14(6-9-19)11-20-3/h13-15,18H,4-11H2,1-3H3. The van der Waals surface area contributed by atoms with Gasteiger partial charge in [0.2, 0.25) is 0 Å². The summed E-state index contributed by atoms with van der Waals surface area (Å²) in [4.78, 5) is 2.60. The number of ether oxygens (including phenoxy) is 1. The minimum absolute atomic E-state index is 0.289. The summed E-state index contributed by atoms with van der Waals surface area (Å²) in [6.45, 7) is 7.49. The molecule has 114 valence electrons. The van der Waals surface area contributed by atoms with Crippen molar-refractivity contribution in [1.29, 1.82) is 5.26 Å². The van der Waals surface area contributed by atoms with Crippen LogP contribution in [-0.4, -0.2) is 49.3 Å². The van der Waals surface area contributed by atoms with Gasteiger partial charge in [0.25, 0.3) is 0 Å². The molecule has 0 aromatic rings. The molecule has 0 spiro atoms. The molecular weight excluding hydrogens is 250 g/mol. The van der Waals surface area contributed by atoms with Crippen LogP contribution in [0.25, 0.3) is 0 Å². The number of nitrogens with one attached hydrogen (secondary N) is 1. The van der Waals surface area contributed by atoms with Gasteiger partial charge in [-0.3, -0.25) is 5.32 Å². The highest BCUT2D eigenvalue weighted by atomic mass is 16.5. The van der Waals surface area contributed by atoms with E-state index in [2.05, 4.69) is 30.1 Å². The van der Waals surface area contributed by atoms with E-state index in [1.54, 1.807) is 7.11 Å². The highest BCUT2D eigenvalue weighted by Crippen LogP contribution is 2.35. The van der Waals surface area contributed by atoms with E-state index >= 15 is 0 Å². The Bertz CT molecular complexity index is 344. The quantitative estimate of drug-likeness (QED) is 0.838. The fourth-order valence-electron chi connectivity index (χ4n) is 3.87. The number of likely N-dealkylation sites (tertiary alicyclic amines) is 1. The molecule has 1 heterocycles. The lowest BCUT2D eigenvalue weighted by atomic mass is 9.95. The maximum Gasteiger partial charge on any atom is 0.108 e. The molecule has 0 aromatic heterocycles. The molecule has 0 amide bonds. The van der Waals surface area contributed by atoms with Gasteiger partial charge in [-0.15, -0.1) is 0 Å². The first-order valence-electron chi connectivity index (χ1n) is 8.00. The van der Waals surface area contributed by atoms with E-state index in [4.69, 9.17) is 4.74 Å². The van der Waals surface area contributed by atoms with Gasteiger partial charge in [-0.05, 0) is 65.0 Å². The maximum absolute atomic E-state index is 9.55. The third-order valence-corrected chi connectivity index (χ3v) is 4.84. The maximum atomic E-state index is 9.55. The molecule has 1 saturated carbocycles. The average Bonchev–Trinajstić information content (AvgIpc) is 2.84. The molecule has 0 radical (unpaired) electrons. The first kappa shape index (κ1) is 15.8. The monoisotopic (exact) mass is 279 g/mol. The zero-order valence-corrected chi connectivity index (χ0v) is 13.2. The number of nitriles is 1. The molecule has 2 aliphatic rings. The van der Waals surface area contributed by atoms with Crippen molar-refractivity contribution in [3.63, 3.8) is 0 Å². The third-order valence-electron chi connectivity index (χ3n) is 4.84. The largest absolute Gasteiger partial charge is 0.384 e. The van der Waals surface area contributed by atoms with Crippen LogP contribution in [0.5, 0.6) is 0 Å². The number of methoxy groups -OCH3 is 1. The van der Waals surface area contributed by atoms with E-state index < -0.39 is 0 Å². The predicted molar refractivity (Wildman–Crippen MR) is 80.4 cm³/mol. The van der Waals surface area contributed by atoms with Gasteiger partial charge in [0.15, 0.2) is 0 Å². The van der Waals surface area contributed by atoms with Gasteiger partial charge in [0, 0.05) is 25.8 Å². The summed E-state index contributed by atoms with van der Waals surface area (Å²) < 4.78 is 5.26. The molecular formula is C16H29N3O. The molecule has 1 aliphatic carbocycles. The van der Waals surface area contributed by atoms with Crippen LogP contribution in [0.2, 0.25) is 0 Å². The normalized spacial score (nSPS) is 32.6. The first-order valence-corrected chi connectivity index (χ1v) is 8.00. The molecule has 4 nitrogen and oxygen atoms in total. The van der Waals surface area contributed by atoms with Crippen LogP contribution < -0.4 is 5.32 Å². The van der Waals surface area contributed by atoms with Crippen LogP contribution in [0.3, 0.4) is 0 Å². The van der Waals surface area contributed by atoms with Crippen molar-refractivity contribution in [3.05, 3.63) is 0 Å². The van der Waals surface area contributed by atoms with Gasteiger partial charge >= 0.3 is 0 Å². The van der Waals surface area contributed by atoms with Gasteiger partial charge in [0.05, 0.1) is 6.07 Å². The summed E-state index contributed by atoms with van der Waals surface area (Å²) in [5.74, 6) is 0.729. The summed E-state index contributed by atoms with van der Waals surface area (Å²) in [6.07, 6.45) is 5.60. The second kappa shape index (κ2) is 6.89. The van der Waals surface area contributed by atoms with E-state index in [1.807, 2.05) is 0 Å². The molecule has 20 heavy (non-hydrogen) atoms. The number of piperidine rings is 1. The summed E-state index contributed by atoms with van der Waals surface area (Å²) in [6, 6.07) is 3.51. The smallest absolute Gasteiger partial charge is 0.108 e. The van der Waals surface area contributed by atoms with Gasteiger partial charge in [-0.1, -0.05) is 0 Å². The molecule has 4 heteroatoms. The van der Waals surface area contributed by atoms with Crippen molar-refractivity contribution in [1.82, 2.24) is 10.2 Å². The lowest BCUT2D eigenvalue weighted by Gasteiger charge is -2.36. The highest BCUT2D eigenvalue weighted by Gasteiger charge is 2.42. The van der Waals surface area contributed by atoms with Crippen LogP contribution in [0.1, 0.15) is 46.0 Å². The molecule has 2 fully saturated rings. The minimum Gasteiger partial charge on any atom is -0.384 e. The Morgan fingerprint density at radius 1 is 1.35 bits per heavy atom. The van der Waals surface area contributed by atoms with Gasteiger partial charge in [0.1, 0.15) is 5.54 Å². The van der Waals surface area contributed by atoms with Crippen LogP contribution in [-0.2, 0) is 4.74 Å². The molecule has 0 aromatic carbocycles. The first-order chi connectivity index (χ1) is 9.58. The van der Waals surface area contributed by atoms with Crippen molar-refractivity contribution >= 4 is 0 Å². The van der Waals surface area contributed by atoms with E-state index in [0.717, 1.165) is 31.8 Å². The third kappa shape index (κ3) is 3.72. The van der Waals surface area contributed by atoms with Crippen molar-refractivity contribution < 1.29 is 4.74 Å². The number of hydrogen-bond acceptors (Lipinski definition) is 4. The van der Waals surface area contributed by atoms with Crippen LogP contribution in [0.15, 0.2) is 0 Å². The van der Waals surface area contributed by atoms with Crippen LogP contribution >= 0.6 is 0 Å². The van der Waals surface area contributed by atoms with Crippen molar-refractivity contribution in [3.8, 4) is 6.07 Å². The molecule has 1 saturated heterocycles. The molecule has 2 unspecified atom stereocenters. The molecule has 1 aliphatic heterocycles. The van der Waals surface area contributed by atoms with Crippen LogP contribution in [0, 0.1) is 17.2 Å². The highest BCUT2D eigenvalue weighted by molar-refractivity contribution is 5.14. The SMILES string of the molecule is COCC1CCN(C2CCC(C#N)(NC(C)C)C2)CC1. The summed E-state index contributed by atoms with van der Waals surface area (Å²) in [7, 11) is 1.79. The average molecular weight is 279 g/mol. The zero-order chi connectivity index (χ0) is 14.6. The zero-order valence-electron chi connectivity index (χ0n) is 13.2. The van der Waals surface area contributed by atoms with Crippen molar-refractivity contribution in [2.24, 2.45) is 5.92 Å². The van der Waals surface area contributed by atoms with E-state index in [1.165, 1.54) is 25.9 Å². The Morgan fingerprint density at radius 2 is 2.05 bits per heavy atom. The Kier molecular flexibility index (Phi) is 5.42. The minimum atomic E-state index is -0.289. The molecule has 1 N–H and O–H groups in total. The lowest BCUT2D eigenvalue weighted by Crippen LogP contribution is -2.48. The lowest BCUT2D eigenvalue weighted by molar-refractivity contribution is 0.0793. The number of nitrogens with zero attached hydrogens (tertiary/aromatic N) is 2. The Hall–Kier alpha value is -0.630. The fourth-order valence-corrected chi connectivity index (χ4v) is 3.87. The Morgan fingerprint density at radius 3 is 2.60 bits per heavy atom. The Labute approximate surface area is 123 Å². The second-order valence-corrected chi connectivity index (χ2v) is 6.82. The second-order valence-electron chi connectivity index (χ2n) is 6.82. The Balaban J connectivity index is 1.86. The van der Waals surface area contributed by atoms with Gasteiger partial charge in [-0.2, -0.15) is 5.26 Å². The van der Waals surface area contributed by atoms with E-state index in [-0.39, 0.29) is 5.54 Å². The van der Waals surface area contributed by atoms with E-state index in [9.17, 15) is 5.26 Å². The van der Waals surface area contributed by atoms with Gasteiger partial charge in [-0.25, -0.2) is 0 Å². The van der Waals surface area contributed by atoms with E-state index in [0.29, 0.717) is 12.1 Å². The molecule has 2 rings (SSSR count). The molecule has 2 atom stereocenters. The number of hydrogen-bond donors (Lipinski definition) is 1. The van der Waals surface area contributed by atoms with Crippen LogP contribution in [0.4, 0.5) is 0 Å². The van der Waals surface area contributed by atoms with Crippen molar-refractivity contribution in [2.75, 3.05) is 26.8 Å². The fraction of sp³-hybridized carbons (Fsp3) is 0.938.